The van der Waals surface area contributed by atoms with Crippen LogP contribution < -0.4 is 4.18 Å². The van der Waals surface area contributed by atoms with E-state index in [1.165, 1.54) is 36.5 Å². The molecular weight excluding hydrogens is 381 g/mol. The fraction of sp³-hybridized carbons (Fsp3) is 0. The number of hydrogen-bond donors (Lipinski definition) is 0. The maximum absolute atomic E-state index is 12.5. The summed E-state index contributed by atoms with van der Waals surface area (Å²) in [7, 11) is -4.17. The molecule has 0 bridgehead atoms. The Morgan fingerprint density at radius 1 is 0.957 bits per heavy atom. The molecule has 4 nitrogen and oxygen atoms in total. The molecule has 118 valence electrons. The van der Waals surface area contributed by atoms with E-state index in [-0.39, 0.29) is 20.7 Å². The average molecular weight is 389 g/mol. The first-order valence-electron chi connectivity index (χ1n) is 6.31. The molecule has 0 N–H and O–H groups in total. The molecule has 0 unspecified atom stereocenters. The van der Waals surface area contributed by atoms with Gasteiger partial charge in [-0.2, -0.15) is 8.42 Å². The lowest BCUT2D eigenvalue weighted by Crippen LogP contribution is -2.11. The van der Waals surface area contributed by atoms with Crippen molar-refractivity contribution in [3.63, 3.8) is 0 Å². The van der Waals surface area contributed by atoms with Crippen LogP contribution in [0.5, 0.6) is 5.75 Å². The Kier molecular flexibility index (Phi) is 4.38. The SMILES string of the molecule is O=S(=O)(Oc1ccc(Cl)c2cccnc12)c1cc(Cl)ccc1Cl. The smallest absolute Gasteiger partial charge is 0.340 e. The molecule has 8 heteroatoms. The molecule has 0 saturated heterocycles. The summed E-state index contributed by atoms with van der Waals surface area (Å²) in [6.07, 6.45) is 1.52. The molecule has 0 aliphatic rings. The van der Waals surface area contributed by atoms with Crippen LogP contribution in [0.2, 0.25) is 15.1 Å². The summed E-state index contributed by atoms with van der Waals surface area (Å²) in [5, 5.41) is 1.27. The van der Waals surface area contributed by atoms with Gasteiger partial charge in [0.2, 0.25) is 0 Å². The third kappa shape index (κ3) is 3.23. The summed E-state index contributed by atoms with van der Waals surface area (Å²) in [5.74, 6) is 0.0565. The fourth-order valence-corrected chi connectivity index (χ4v) is 3.90. The minimum atomic E-state index is -4.17. The summed E-state index contributed by atoms with van der Waals surface area (Å²) in [4.78, 5) is 3.91. The molecule has 0 atom stereocenters. The lowest BCUT2D eigenvalue weighted by Gasteiger charge is -2.11. The van der Waals surface area contributed by atoms with Crippen molar-refractivity contribution in [3.05, 3.63) is 63.7 Å². The topological polar surface area (TPSA) is 56.3 Å². The maximum atomic E-state index is 12.5. The van der Waals surface area contributed by atoms with Crippen molar-refractivity contribution in [1.29, 1.82) is 0 Å². The number of nitrogens with zero attached hydrogens (tertiary/aromatic N) is 1. The summed E-state index contributed by atoms with van der Waals surface area (Å²) >= 11 is 17.8. The van der Waals surface area contributed by atoms with Crippen molar-refractivity contribution in [3.8, 4) is 5.75 Å². The standard InChI is InChI=1S/C15H8Cl3NO3S/c16-9-3-4-12(18)14(8-9)23(20,21)22-13-6-5-11(17)10-2-1-7-19-15(10)13/h1-8H. The number of aromatic nitrogens is 1. The minimum absolute atomic E-state index is 0.0145. The van der Waals surface area contributed by atoms with Crippen LogP contribution in [0.25, 0.3) is 10.9 Å². The Hall–Kier alpha value is -1.53. The molecule has 1 heterocycles. The van der Waals surface area contributed by atoms with E-state index in [1.54, 1.807) is 12.1 Å². The molecule has 1 aromatic heterocycles. The van der Waals surface area contributed by atoms with Gasteiger partial charge in [-0.1, -0.05) is 34.8 Å². The molecule has 0 aliphatic carbocycles. The third-order valence-electron chi connectivity index (χ3n) is 3.04. The van der Waals surface area contributed by atoms with Crippen LogP contribution in [0.4, 0.5) is 0 Å². The largest absolute Gasteiger partial charge is 0.377 e. The molecular formula is C15H8Cl3NO3S. The van der Waals surface area contributed by atoms with Crippen LogP contribution in [0.3, 0.4) is 0 Å². The lowest BCUT2D eigenvalue weighted by atomic mass is 10.2. The quantitative estimate of drug-likeness (QED) is 0.595. The Morgan fingerprint density at radius 3 is 2.48 bits per heavy atom. The van der Waals surface area contributed by atoms with Gasteiger partial charge in [-0.3, -0.25) is 4.98 Å². The number of hydrogen-bond acceptors (Lipinski definition) is 4. The second-order valence-corrected chi connectivity index (χ2v) is 7.32. The highest BCUT2D eigenvalue weighted by Crippen LogP contribution is 2.33. The molecule has 0 amide bonds. The first kappa shape index (κ1) is 16.3. The van der Waals surface area contributed by atoms with Crippen LogP contribution in [0.1, 0.15) is 0 Å². The van der Waals surface area contributed by atoms with Crippen LogP contribution in [-0.4, -0.2) is 13.4 Å². The Bertz CT molecular complexity index is 1010. The normalized spacial score (nSPS) is 11.6. The van der Waals surface area contributed by atoms with E-state index in [0.717, 1.165) is 0 Å². The number of rotatable bonds is 3. The van der Waals surface area contributed by atoms with E-state index in [9.17, 15) is 8.42 Å². The Labute approximate surface area is 147 Å². The average Bonchev–Trinajstić information content (AvgIpc) is 2.52. The van der Waals surface area contributed by atoms with E-state index in [1.807, 2.05) is 0 Å². The van der Waals surface area contributed by atoms with Crippen molar-refractivity contribution < 1.29 is 12.6 Å². The Morgan fingerprint density at radius 2 is 1.70 bits per heavy atom. The molecule has 23 heavy (non-hydrogen) atoms. The van der Waals surface area contributed by atoms with Crippen LogP contribution >= 0.6 is 34.8 Å². The van der Waals surface area contributed by atoms with Crippen LogP contribution in [-0.2, 0) is 10.1 Å². The number of pyridine rings is 1. The first-order valence-corrected chi connectivity index (χ1v) is 8.85. The highest BCUT2D eigenvalue weighted by atomic mass is 35.5. The third-order valence-corrected chi connectivity index (χ3v) is 5.32. The van der Waals surface area contributed by atoms with Gasteiger partial charge >= 0.3 is 10.1 Å². The van der Waals surface area contributed by atoms with Gasteiger partial charge in [-0.05, 0) is 42.5 Å². The fourth-order valence-electron chi connectivity index (χ4n) is 2.01. The zero-order valence-electron chi connectivity index (χ0n) is 11.3. The van der Waals surface area contributed by atoms with E-state index >= 15 is 0 Å². The monoisotopic (exact) mass is 387 g/mol. The summed E-state index contributed by atoms with van der Waals surface area (Å²) < 4.78 is 30.2. The zero-order chi connectivity index (χ0) is 16.6. The second-order valence-electron chi connectivity index (χ2n) is 4.56. The second kappa shape index (κ2) is 6.17. The predicted octanol–water partition coefficient (Wildman–Crippen LogP) is 4.96. The van der Waals surface area contributed by atoms with Gasteiger partial charge in [0.1, 0.15) is 10.4 Å². The zero-order valence-corrected chi connectivity index (χ0v) is 14.4. The van der Waals surface area contributed by atoms with Crippen LogP contribution in [0, 0.1) is 0 Å². The summed E-state index contributed by atoms with van der Waals surface area (Å²) in [6, 6.07) is 10.5. The van der Waals surface area contributed by atoms with Crippen molar-refractivity contribution >= 4 is 55.8 Å². The molecule has 3 rings (SSSR count). The first-order chi connectivity index (χ1) is 10.9. The molecule has 0 radical (unpaired) electrons. The van der Waals surface area contributed by atoms with Crippen molar-refractivity contribution in [2.45, 2.75) is 4.90 Å². The van der Waals surface area contributed by atoms with E-state index in [0.29, 0.717) is 15.9 Å². The van der Waals surface area contributed by atoms with Crippen molar-refractivity contribution in [2.24, 2.45) is 0 Å². The molecule has 0 fully saturated rings. The molecule has 3 aromatic rings. The van der Waals surface area contributed by atoms with Crippen LogP contribution in [0.15, 0.2) is 53.6 Å². The van der Waals surface area contributed by atoms with E-state index in [2.05, 4.69) is 4.98 Å². The van der Waals surface area contributed by atoms with Gasteiger partial charge in [0, 0.05) is 16.6 Å². The van der Waals surface area contributed by atoms with Gasteiger partial charge in [-0.15, -0.1) is 0 Å². The van der Waals surface area contributed by atoms with E-state index in [4.69, 9.17) is 39.0 Å². The predicted molar refractivity (Wildman–Crippen MR) is 91.0 cm³/mol. The number of fused-ring (bicyclic) bond motifs is 1. The molecule has 2 aromatic carbocycles. The Balaban J connectivity index is 2.12. The highest BCUT2D eigenvalue weighted by molar-refractivity contribution is 7.87. The van der Waals surface area contributed by atoms with Gasteiger partial charge < -0.3 is 4.18 Å². The molecule has 0 aliphatic heterocycles. The minimum Gasteiger partial charge on any atom is -0.377 e. The molecule has 0 saturated carbocycles. The summed E-state index contributed by atoms with van der Waals surface area (Å²) in [5.41, 5.74) is 0.335. The number of benzene rings is 2. The van der Waals surface area contributed by atoms with Crippen molar-refractivity contribution in [1.82, 2.24) is 4.98 Å². The van der Waals surface area contributed by atoms with E-state index < -0.39 is 10.1 Å². The van der Waals surface area contributed by atoms with Gasteiger partial charge in [0.05, 0.1) is 10.0 Å². The lowest BCUT2D eigenvalue weighted by molar-refractivity contribution is 0.488. The molecule has 0 spiro atoms. The highest BCUT2D eigenvalue weighted by Gasteiger charge is 2.22. The number of halogens is 3. The summed E-state index contributed by atoms with van der Waals surface area (Å²) in [6.45, 7) is 0. The maximum Gasteiger partial charge on any atom is 0.340 e. The van der Waals surface area contributed by atoms with Crippen molar-refractivity contribution in [2.75, 3.05) is 0 Å². The van der Waals surface area contributed by atoms with Gasteiger partial charge in [-0.25, -0.2) is 0 Å². The van der Waals surface area contributed by atoms with Gasteiger partial charge in [0.15, 0.2) is 5.75 Å². The van der Waals surface area contributed by atoms with Gasteiger partial charge in [0.25, 0.3) is 0 Å².